The van der Waals surface area contributed by atoms with Gasteiger partial charge in [-0.15, -0.1) is 0 Å². The Bertz CT molecular complexity index is 962. The molecule has 1 aliphatic carbocycles. The summed E-state index contributed by atoms with van der Waals surface area (Å²) in [5.74, 6) is 0.875. The van der Waals surface area contributed by atoms with Gasteiger partial charge in [0.05, 0.1) is 0 Å². The lowest BCUT2D eigenvalue weighted by molar-refractivity contribution is 0.0659. The summed E-state index contributed by atoms with van der Waals surface area (Å²) in [6, 6.07) is 7.68. The number of anilines is 3. The highest BCUT2D eigenvalue weighted by Gasteiger charge is 2.25. The fourth-order valence-electron chi connectivity index (χ4n) is 4.78. The lowest BCUT2D eigenvalue weighted by Crippen LogP contribution is -2.44. The molecule has 0 bridgehead atoms. The summed E-state index contributed by atoms with van der Waals surface area (Å²) in [7, 11) is 4.00. The Kier molecular flexibility index (Phi) is 7.95. The zero-order valence-electron chi connectivity index (χ0n) is 20.1. The molecular weight excluding hydrogens is 433 g/mol. The third kappa shape index (κ3) is 5.82. The second-order valence-electron chi connectivity index (χ2n) is 9.55. The molecule has 34 heavy (non-hydrogen) atoms. The number of carbonyl (C=O) groups is 1. The number of alkyl halides is 1. The Morgan fingerprint density at radius 1 is 1.18 bits per heavy atom. The fraction of sp³-hybridized carbons (Fsp3) is 0.560. The zero-order valence-corrected chi connectivity index (χ0v) is 20.1. The number of hydrogen-bond donors (Lipinski definition) is 3. The molecule has 4 rings (SSSR count). The molecule has 2 heterocycles. The van der Waals surface area contributed by atoms with E-state index < -0.39 is 6.67 Å². The van der Waals surface area contributed by atoms with E-state index in [-0.39, 0.29) is 24.0 Å². The van der Waals surface area contributed by atoms with Crippen LogP contribution >= 0.6 is 0 Å². The first-order valence-corrected chi connectivity index (χ1v) is 12.2. The van der Waals surface area contributed by atoms with Crippen molar-refractivity contribution in [2.75, 3.05) is 37.8 Å². The minimum absolute atomic E-state index is 0.0277. The maximum atomic E-state index is 13.5. The van der Waals surface area contributed by atoms with Crippen LogP contribution in [0.15, 0.2) is 30.5 Å². The molecule has 1 aliphatic heterocycles. The number of nitrogens with two attached hydrogens (primary N) is 1. The highest BCUT2D eigenvalue weighted by Crippen LogP contribution is 2.24. The first kappa shape index (κ1) is 24.3. The van der Waals surface area contributed by atoms with Crippen molar-refractivity contribution in [3.05, 3.63) is 41.6 Å². The van der Waals surface area contributed by atoms with Crippen LogP contribution in [0.5, 0.6) is 0 Å². The van der Waals surface area contributed by atoms with Crippen LogP contribution in [0.4, 0.5) is 21.8 Å². The molecule has 2 fully saturated rings. The van der Waals surface area contributed by atoms with E-state index in [1.165, 1.54) is 6.20 Å². The monoisotopic (exact) mass is 469 g/mol. The highest BCUT2D eigenvalue weighted by molar-refractivity contribution is 5.94. The van der Waals surface area contributed by atoms with E-state index in [1.807, 2.05) is 36.2 Å². The van der Waals surface area contributed by atoms with Crippen molar-refractivity contribution in [3.8, 4) is 0 Å². The number of rotatable bonds is 7. The standard InChI is InChI=1S/C25H36FN7O/c1-32-13-11-20(12-14-32)33(2)24(34)17-7-9-19(10-8-17)29-25-28-16-18(15-26)23(31-25)30-22-6-4-3-5-21(22)27/h7-10,16,20-22H,3-6,11-15,27H2,1-2H3,(H2,28,29,30,31)/t21-,22+/m0/s1. The topological polar surface area (TPSA) is 99.4 Å². The van der Waals surface area contributed by atoms with Gasteiger partial charge >= 0.3 is 0 Å². The van der Waals surface area contributed by atoms with E-state index in [1.54, 1.807) is 0 Å². The van der Waals surface area contributed by atoms with Gasteiger partial charge in [0.1, 0.15) is 12.5 Å². The second-order valence-corrected chi connectivity index (χ2v) is 9.55. The summed E-state index contributed by atoms with van der Waals surface area (Å²) in [5, 5.41) is 6.50. The first-order valence-electron chi connectivity index (χ1n) is 12.2. The number of piperidine rings is 1. The minimum Gasteiger partial charge on any atom is -0.365 e. The number of nitrogens with one attached hydrogen (secondary N) is 2. The average molecular weight is 470 g/mol. The quantitative estimate of drug-likeness (QED) is 0.570. The van der Waals surface area contributed by atoms with Crippen molar-refractivity contribution in [3.63, 3.8) is 0 Å². The lowest BCUT2D eigenvalue weighted by atomic mass is 9.91. The molecule has 1 saturated heterocycles. The normalized spacial score (nSPS) is 21.8. The molecule has 1 amide bonds. The maximum Gasteiger partial charge on any atom is 0.253 e. The summed E-state index contributed by atoms with van der Waals surface area (Å²) < 4.78 is 13.5. The lowest BCUT2D eigenvalue weighted by Gasteiger charge is -2.35. The van der Waals surface area contributed by atoms with Crippen LogP contribution in [0.25, 0.3) is 0 Å². The molecule has 1 aromatic carbocycles. The van der Waals surface area contributed by atoms with Crippen molar-refractivity contribution in [1.29, 1.82) is 0 Å². The Morgan fingerprint density at radius 3 is 2.56 bits per heavy atom. The minimum atomic E-state index is -0.647. The van der Waals surface area contributed by atoms with Crippen molar-refractivity contribution in [2.24, 2.45) is 5.73 Å². The SMILES string of the molecule is CN1CCC(N(C)C(=O)c2ccc(Nc3ncc(CF)c(N[C@@H]4CCCC[C@@H]4N)n3)cc2)CC1. The first-order chi connectivity index (χ1) is 16.4. The Morgan fingerprint density at radius 2 is 1.88 bits per heavy atom. The molecule has 184 valence electrons. The van der Waals surface area contributed by atoms with Gasteiger partial charge in [0, 0.05) is 48.2 Å². The van der Waals surface area contributed by atoms with Crippen LogP contribution in [0, 0.1) is 0 Å². The summed E-state index contributed by atoms with van der Waals surface area (Å²) in [6.45, 7) is 1.37. The van der Waals surface area contributed by atoms with Gasteiger partial charge in [-0.2, -0.15) is 4.98 Å². The van der Waals surface area contributed by atoms with Crippen molar-refractivity contribution < 1.29 is 9.18 Å². The summed E-state index contributed by atoms with van der Waals surface area (Å²) in [6.07, 6.45) is 7.61. The van der Waals surface area contributed by atoms with Crippen LogP contribution in [0.3, 0.4) is 0 Å². The summed E-state index contributed by atoms with van der Waals surface area (Å²) in [5.41, 5.74) is 8.07. The molecule has 0 unspecified atom stereocenters. The Balaban J connectivity index is 1.41. The van der Waals surface area contributed by atoms with Crippen molar-refractivity contribution in [2.45, 2.75) is 63.3 Å². The van der Waals surface area contributed by atoms with Gasteiger partial charge < -0.3 is 26.2 Å². The summed E-state index contributed by atoms with van der Waals surface area (Å²) in [4.78, 5) is 25.9. The molecule has 1 saturated carbocycles. The van der Waals surface area contributed by atoms with Gasteiger partial charge in [-0.3, -0.25) is 4.79 Å². The van der Waals surface area contributed by atoms with Gasteiger partial charge in [-0.1, -0.05) is 12.8 Å². The zero-order chi connectivity index (χ0) is 24.1. The van der Waals surface area contributed by atoms with Crippen LogP contribution in [0.2, 0.25) is 0 Å². The molecule has 8 nitrogen and oxygen atoms in total. The number of aromatic nitrogens is 2. The van der Waals surface area contributed by atoms with Gasteiger partial charge in [-0.25, -0.2) is 9.37 Å². The smallest absolute Gasteiger partial charge is 0.253 e. The molecule has 0 radical (unpaired) electrons. The second kappa shape index (κ2) is 11.1. The van der Waals surface area contributed by atoms with E-state index in [0.717, 1.165) is 57.3 Å². The van der Waals surface area contributed by atoms with E-state index in [4.69, 9.17) is 5.73 Å². The molecule has 2 aliphatic rings. The molecule has 2 atom stereocenters. The molecule has 9 heteroatoms. The highest BCUT2D eigenvalue weighted by atomic mass is 19.1. The molecule has 4 N–H and O–H groups in total. The van der Waals surface area contributed by atoms with Gasteiger partial charge in [0.2, 0.25) is 5.95 Å². The number of hydrogen-bond acceptors (Lipinski definition) is 7. The van der Waals surface area contributed by atoms with Crippen LogP contribution < -0.4 is 16.4 Å². The Hall–Kier alpha value is -2.78. The van der Waals surface area contributed by atoms with Gasteiger partial charge in [0.15, 0.2) is 0 Å². The summed E-state index contributed by atoms with van der Waals surface area (Å²) >= 11 is 0. The third-order valence-electron chi connectivity index (χ3n) is 7.09. The maximum absolute atomic E-state index is 13.5. The number of carbonyl (C=O) groups excluding carboxylic acids is 1. The molecule has 1 aromatic heterocycles. The molecule has 2 aromatic rings. The third-order valence-corrected chi connectivity index (χ3v) is 7.09. The van der Waals surface area contributed by atoms with Gasteiger partial charge in [0.25, 0.3) is 5.91 Å². The van der Waals surface area contributed by atoms with E-state index in [0.29, 0.717) is 22.9 Å². The average Bonchev–Trinajstić information content (AvgIpc) is 2.86. The number of halogens is 1. The van der Waals surface area contributed by atoms with E-state index >= 15 is 0 Å². The number of amides is 1. The molecule has 0 spiro atoms. The van der Waals surface area contributed by atoms with E-state index in [2.05, 4.69) is 32.5 Å². The van der Waals surface area contributed by atoms with Crippen LogP contribution in [-0.2, 0) is 6.67 Å². The number of likely N-dealkylation sites (tertiary alicyclic amines) is 1. The Labute approximate surface area is 201 Å². The van der Waals surface area contributed by atoms with Crippen molar-refractivity contribution in [1.82, 2.24) is 19.8 Å². The largest absolute Gasteiger partial charge is 0.365 e. The van der Waals surface area contributed by atoms with Crippen molar-refractivity contribution >= 4 is 23.4 Å². The number of nitrogens with zero attached hydrogens (tertiary/aromatic N) is 4. The predicted octanol–water partition coefficient (Wildman–Crippen LogP) is 3.54. The predicted molar refractivity (Wildman–Crippen MR) is 133 cm³/mol. The van der Waals surface area contributed by atoms with Crippen LogP contribution in [0.1, 0.15) is 54.4 Å². The van der Waals surface area contributed by atoms with Crippen LogP contribution in [-0.4, -0.2) is 71.0 Å². The molecular formula is C25H36FN7O. The fourth-order valence-corrected chi connectivity index (χ4v) is 4.78. The van der Waals surface area contributed by atoms with E-state index in [9.17, 15) is 9.18 Å². The van der Waals surface area contributed by atoms with Gasteiger partial charge in [-0.05, 0) is 70.1 Å². The number of benzene rings is 1.